The average molecular weight is 316 g/mol. The van der Waals surface area contributed by atoms with Gasteiger partial charge in [-0.3, -0.25) is 0 Å². The molecule has 5 heteroatoms. The number of nitrogens with zero attached hydrogens (tertiary/aromatic N) is 3. The molecule has 2 heterocycles. The van der Waals surface area contributed by atoms with Gasteiger partial charge >= 0.3 is 0 Å². The Hall–Kier alpha value is -1.91. The van der Waals surface area contributed by atoms with Gasteiger partial charge in [-0.1, -0.05) is 29.8 Å². The summed E-state index contributed by atoms with van der Waals surface area (Å²) in [5, 5.41) is 0.769. The van der Waals surface area contributed by atoms with Crippen LogP contribution < -0.4 is 0 Å². The monoisotopic (exact) mass is 315 g/mol. The summed E-state index contributed by atoms with van der Waals surface area (Å²) < 4.78 is 7.32. The van der Waals surface area contributed by atoms with E-state index in [0.29, 0.717) is 6.42 Å². The summed E-state index contributed by atoms with van der Waals surface area (Å²) in [7, 11) is 1.72. The van der Waals surface area contributed by atoms with Crippen molar-refractivity contribution >= 4 is 22.8 Å². The second kappa shape index (κ2) is 6.90. The molecule has 0 saturated carbocycles. The van der Waals surface area contributed by atoms with E-state index < -0.39 is 0 Å². The van der Waals surface area contributed by atoms with Crippen LogP contribution in [-0.4, -0.2) is 28.3 Å². The summed E-state index contributed by atoms with van der Waals surface area (Å²) in [6.07, 6.45) is 3.42. The standard InChI is InChI=1S/C17H18ClN3O/c1-22-11-5-10-21-16(12-13-6-2-3-7-14(13)18)20-15-8-4-9-19-17(15)21/h2-4,6-9H,5,10-12H2,1H3. The van der Waals surface area contributed by atoms with Crippen LogP contribution in [0.2, 0.25) is 5.02 Å². The van der Waals surface area contributed by atoms with Crippen LogP contribution in [0.1, 0.15) is 17.8 Å². The fourth-order valence-corrected chi connectivity index (χ4v) is 2.76. The molecule has 0 amide bonds. The van der Waals surface area contributed by atoms with Crippen LogP contribution >= 0.6 is 11.6 Å². The van der Waals surface area contributed by atoms with E-state index in [1.165, 1.54) is 0 Å². The van der Waals surface area contributed by atoms with E-state index in [1.807, 2.05) is 36.4 Å². The first-order valence-electron chi connectivity index (χ1n) is 7.32. The Kier molecular flexibility index (Phi) is 4.71. The Morgan fingerprint density at radius 1 is 1.18 bits per heavy atom. The topological polar surface area (TPSA) is 39.9 Å². The molecule has 114 valence electrons. The van der Waals surface area contributed by atoms with Gasteiger partial charge in [0.25, 0.3) is 0 Å². The molecule has 3 rings (SSSR count). The van der Waals surface area contributed by atoms with E-state index in [-0.39, 0.29) is 0 Å². The third-order valence-electron chi connectivity index (χ3n) is 3.62. The predicted octanol–water partition coefficient (Wildman–Crippen LogP) is 3.71. The zero-order valence-corrected chi connectivity index (χ0v) is 13.3. The smallest absolute Gasteiger partial charge is 0.159 e. The second-order valence-corrected chi connectivity index (χ2v) is 5.55. The van der Waals surface area contributed by atoms with Crippen molar-refractivity contribution in [1.82, 2.24) is 14.5 Å². The first kappa shape index (κ1) is 15.0. The van der Waals surface area contributed by atoms with E-state index >= 15 is 0 Å². The number of hydrogen-bond donors (Lipinski definition) is 0. The van der Waals surface area contributed by atoms with Gasteiger partial charge in [0.2, 0.25) is 0 Å². The van der Waals surface area contributed by atoms with Gasteiger partial charge in [0.15, 0.2) is 5.65 Å². The maximum Gasteiger partial charge on any atom is 0.159 e. The summed E-state index contributed by atoms with van der Waals surface area (Å²) in [6.45, 7) is 1.55. The van der Waals surface area contributed by atoms with Gasteiger partial charge in [-0.2, -0.15) is 0 Å². The lowest BCUT2D eigenvalue weighted by molar-refractivity contribution is 0.190. The van der Waals surface area contributed by atoms with Gasteiger partial charge in [0, 0.05) is 37.9 Å². The fourth-order valence-electron chi connectivity index (χ4n) is 2.55. The van der Waals surface area contributed by atoms with Crippen LogP contribution in [0.5, 0.6) is 0 Å². The molecule has 2 aromatic heterocycles. The molecule has 0 aliphatic rings. The maximum absolute atomic E-state index is 6.28. The van der Waals surface area contributed by atoms with E-state index in [4.69, 9.17) is 21.3 Å². The summed E-state index contributed by atoms with van der Waals surface area (Å²) in [4.78, 5) is 9.20. The zero-order chi connectivity index (χ0) is 15.4. The van der Waals surface area contributed by atoms with E-state index in [1.54, 1.807) is 13.3 Å². The van der Waals surface area contributed by atoms with Crippen molar-refractivity contribution in [1.29, 1.82) is 0 Å². The summed E-state index contributed by atoms with van der Waals surface area (Å²) in [5.41, 5.74) is 2.91. The molecule has 1 aromatic carbocycles. The van der Waals surface area contributed by atoms with Crippen LogP contribution in [0.25, 0.3) is 11.2 Å². The normalized spacial score (nSPS) is 11.2. The Morgan fingerprint density at radius 3 is 2.86 bits per heavy atom. The minimum Gasteiger partial charge on any atom is -0.385 e. The van der Waals surface area contributed by atoms with Gasteiger partial charge in [-0.05, 0) is 30.2 Å². The molecule has 22 heavy (non-hydrogen) atoms. The number of ether oxygens (including phenoxy) is 1. The first-order chi connectivity index (χ1) is 10.8. The number of aromatic nitrogens is 3. The second-order valence-electron chi connectivity index (χ2n) is 5.14. The number of halogens is 1. The SMILES string of the molecule is COCCCn1c(Cc2ccccc2Cl)nc2cccnc21. The Bertz CT molecular complexity index is 769. The number of methoxy groups -OCH3 is 1. The minimum absolute atomic E-state index is 0.697. The number of aryl methyl sites for hydroxylation is 1. The summed E-state index contributed by atoms with van der Waals surface area (Å²) >= 11 is 6.28. The molecule has 0 N–H and O–H groups in total. The van der Waals surface area contributed by atoms with Crippen molar-refractivity contribution < 1.29 is 4.74 Å². The molecule has 0 aliphatic carbocycles. The van der Waals surface area contributed by atoms with Crippen LogP contribution in [0.15, 0.2) is 42.6 Å². The molecule has 0 fully saturated rings. The largest absolute Gasteiger partial charge is 0.385 e. The summed E-state index contributed by atoms with van der Waals surface area (Å²) in [6, 6.07) is 11.8. The van der Waals surface area contributed by atoms with Gasteiger partial charge in [-0.15, -0.1) is 0 Å². The van der Waals surface area contributed by atoms with E-state index in [0.717, 1.165) is 47.1 Å². The molecule has 0 bridgehead atoms. The summed E-state index contributed by atoms with van der Waals surface area (Å²) in [5.74, 6) is 0.984. The minimum atomic E-state index is 0.697. The van der Waals surface area contributed by atoms with Crippen LogP contribution in [0.4, 0.5) is 0 Å². The van der Waals surface area contributed by atoms with Crippen molar-refractivity contribution in [3.8, 4) is 0 Å². The predicted molar refractivity (Wildman–Crippen MR) is 88.3 cm³/mol. The molecule has 0 atom stereocenters. The highest BCUT2D eigenvalue weighted by Crippen LogP contribution is 2.21. The Balaban J connectivity index is 1.97. The quantitative estimate of drug-likeness (QED) is 0.651. The van der Waals surface area contributed by atoms with E-state index in [9.17, 15) is 0 Å². The molecule has 4 nitrogen and oxygen atoms in total. The number of pyridine rings is 1. The van der Waals surface area contributed by atoms with Gasteiger partial charge in [-0.25, -0.2) is 9.97 Å². The first-order valence-corrected chi connectivity index (χ1v) is 7.70. The molecule has 0 radical (unpaired) electrons. The number of imidazole rings is 1. The maximum atomic E-state index is 6.28. The van der Waals surface area contributed by atoms with Gasteiger partial charge < -0.3 is 9.30 Å². The third-order valence-corrected chi connectivity index (χ3v) is 3.99. The number of fused-ring (bicyclic) bond motifs is 1. The van der Waals surface area contributed by atoms with E-state index in [2.05, 4.69) is 9.55 Å². The van der Waals surface area contributed by atoms with Crippen LogP contribution in [-0.2, 0) is 17.7 Å². The lowest BCUT2D eigenvalue weighted by atomic mass is 10.1. The molecule has 0 saturated heterocycles. The van der Waals surface area contributed by atoms with Crippen molar-refractivity contribution in [2.24, 2.45) is 0 Å². The van der Waals surface area contributed by atoms with Crippen molar-refractivity contribution in [3.63, 3.8) is 0 Å². The van der Waals surface area contributed by atoms with Gasteiger partial charge in [0.05, 0.1) is 0 Å². The molecule has 3 aromatic rings. The van der Waals surface area contributed by atoms with Crippen molar-refractivity contribution in [2.45, 2.75) is 19.4 Å². The zero-order valence-electron chi connectivity index (χ0n) is 12.5. The molecule has 0 unspecified atom stereocenters. The highest BCUT2D eigenvalue weighted by molar-refractivity contribution is 6.31. The van der Waals surface area contributed by atoms with Gasteiger partial charge in [0.1, 0.15) is 11.3 Å². The highest BCUT2D eigenvalue weighted by atomic mass is 35.5. The number of benzene rings is 1. The molecular weight excluding hydrogens is 298 g/mol. The van der Waals surface area contributed by atoms with Crippen molar-refractivity contribution in [2.75, 3.05) is 13.7 Å². The fraction of sp³-hybridized carbons (Fsp3) is 0.294. The average Bonchev–Trinajstić information content (AvgIpc) is 2.88. The van der Waals surface area contributed by atoms with Crippen LogP contribution in [0, 0.1) is 0 Å². The van der Waals surface area contributed by atoms with Crippen LogP contribution in [0.3, 0.4) is 0 Å². The molecular formula is C17H18ClN3O. The highest BCUT2D eigenvalue weighted by Gasteiger charge is 2.13. The number of hydrogen-bond acceptors (Lipinski definition) is 3. The Morgan fingerprint density at radius 2 is 2.05 bits per heavy atom. The molecule has 0 aliphatic heterocycles. The lowest BCUT2D eigenvalue weighted by Crippen LogP contribution is -2.07. The molecule has 0 spiro atoms. The van der Waals surface area contributed by atoms with Crippen molar-refractivity contribution in [3.05, 3.63) is 59.0 Å². The third kappa shape index (κ3) is 3.13. The lowest BCUT2D eigenvalue weighted by Gasteiger charge is -2.09. The number of rotatable bonds is 6. The Labute approximate surface area is 134 Å².